The molecule has 1 aromatic rings. The van der Waals surface area contributed by atoms with Crippen molar-refractivity contribution in [1.29, 1.82) is 0 Å². The van der Waals surface area contributed by atoms with Gasteiger partial charge in [0.2, 0.25) is 0 Å². The van der Waals surface area contributed by atoms with E-state index in [0.29, 0.717) is 12.0 Å². The van der Waals surface area contributed by atoms with Crippen LogP contribution in [0.25, 0.3) is 0 Å². The van der Waals surface area contributed by atoms with Crippen molar-refractivity contribution in [3.63, 3.8) is 0 Å². The van der Waals surface area contributed by atoms with Crippen LogP contribution in [0.3, 0.4) is 0 Å². The summed E-state index contributed by atoms with van der Waals surface area (Å²) < 4.78 is 0. The minimum absolute atomic E-state index is 0.0923. The van der Waals surface area contributed by atoms with E-state index in [9.17, 15) is 20.0 Å². The molecule has 6 nitrogen and oxygen atoms in total. The van der Waals surface area contributed by atoms with Crippen molar-refractivity contribution in [2.24, 2.45) is 5.41 Å². The number of carbonyl (C=O) groups is 1. The fourth-order valence-corrected chi connectivity index (χ4v) is 2.48. The summed E-state index contributed by atoms with van der Waals surface area (Å²) >= 11 is 0. The second kappa shape index (κ2) is 4.86. The Morgan fingerprint density at radius 2 is 2.15 bits per heavy atom. The van der Waals surface area contributed by atoms with Gasteiger partial charge in [-0.15, -0.1) is 0 Å². The summed E-state index contributed by atoms with van der Waals surface area (Å²) in [6.45, 7) is 5.39. The molecule has 6 heteroatoms. The van der Waals surface area contributed by atoms with E-state index >= 15 is 0 Å². The third-order valence-electron chi connectivity index (χ3n) is 4.20. The van der Waals surface area contributed by atoms with Crippen LogP contribution < -0.4 is 5.32 Å². The van der Waals surface area contributed by atoms with Gasteiger partial charge in [-0.2, -0.15) is 0 Å². The summed E-state index contributed by atoms with van der Waals surface area (Å²) in [6.07, 6.45) is 0.0120. The molecule has 2 unspecified atom stereocenters. The van der Waals surface area contributed by atoms with Crippen LogP contribution in [0.2, 0.25) is 0 Å². The zero-order valence-corrected chi connectivity index (χ0v) is 11.7. The van der Waals surface area contributed by atoms with E-state index in [4.69, 9.17) is 0 Å². The first kappa shape index (κ1) is 14.5. The summed E-state index contributed by atoms with van der Waals surface area (Å²) in [6, 6.07) is 4.37. The molecule has 0 aliphatic heterocycles. The lowest BCUT2D eigenvalue weighted by molar-refractivity contribution is -0.385. The Morgan fingerprint density at radius 3 is 2.65 bits per heavy atom. The maximum atomic E-state index is 12.3. The van der Waals surface area contributed by atoms with Gasteiger partial charge in [0.25, 0.3) is 11.6 Å². The van der Waals surface area contributed by atoms with Crippen LogP contribution in [0.1, 0.15) is 36.2 Å². The Hall–Kier alpha value is -1.95. The molecule has 1 aromatic carbocycles. The fraction of sp³-hybridized carbons (Fsp3) is 0.500. The molecule has 2 N–H and O–H groups in total. The van der Waals surface area contributed by atoms with Crippen LogP contribution in [0, 0.1) is 22.5 Å². The lowest BCUT2D eigenvalue weighted by Gasteiger charge is -2.49. The van der Waals surface area contributed by atoms with Gasteiger partial charge in [-0.05, 0) is 18.9 Å². The van der Waals surface area contributed by atoms with E-state index < -0.39 is 22.3 Å². The second-order valence-electron chi connectivity index (χ2n) is 5.83. The molecule has 20 heavy (non-hydrogen) atoms. The summed E-state index contributed by atoms with van der Waals surface area (Å²) in [5, 5.41) is 23.5. The Kier molecular flexibility index (Phi) is 3.52. The number of benzene rings is 1. The van der Waals surface area contributed by atoms with E-state index in [1.807, 2.05) is 13.8 Å². The zero-order valence-electron chi connectivity index (χ0n) is 11.7. The average molecular weight is 278 g/mol. The summed E-state index contributed by atoms with van der Waals surface area (Å²) in [7, 11) is 0. The van der Waals surface area contributed by atoms with Gasteiger partial charge in [0.05, 0.1) is 11.0 Å². The molecule has 1 saturated carbocycles. The second-order valence-corrected chi connectivity index (χ2v) is 5.83. The van der Waals surface area contributed by atoms with Crippen molar-refractivity contribution in [1.82, 2.24) is 5.32 Å². The smallest absolute Gasteiger partial charge is 0.282 e. The van der Waals surface area contributed by atoms with Crippen LogP contribution in [0.15, 0.2) is 18.2 Å². The van der Waals surface area contributed by atoms with Gasteiger partial charge in [-0.25, -0.2) is 0 Å². The largest absolute Gasteiger partial charge is 0.392 e. The Bertz CT molecular complexity index is 568. The number of nitrogens with zero attached hydrogens (tertiary/aromatic N) is 1. The Labute approximate surface area is 117 Å². The van der Waals surface area contributed by atoms with Crippen molar-refractivity contribution < 1.29 is 14.8 Å². The number of hydrogen-bond acceptors (Lipinski definition) is 4. The molecule has 0 radical (unpaired) electrons. The number of aliphatic hydroxyl groups is 1. The van der Waals surface area contributed by atoms with Crippen LogP contribution in [-0.4, -0.2) is 28.1 Å². The van der Waals surface area contributed by atoms with Crippen LogP contribution in [-0.2, 0) is 0 Å². The van der Waals surface area contributed by atoms with Gasteiger partial charge >= 0.3 is 0 Å². The predicted octanol–water partition coefficient (Wildman–Crippen LogP) is 1.79. The highest BCUT2D eigenvalue weighted by Gasteiger charge is 2.48. The molecule has 108 valence electrons. The lowest BCUT2D eigenvalue weighted by Crippen LogP contribution is -2.61. The fourth-order valence-electron chi connectivity index (χ4n) is 2.48. The maximum absolute atomic E-state index is 12.3. The molecule has 0 saturated heterocycles. The van der Waals surface area contributed by atoms with E-state index in [-0.39, 0.29) is 17.3 Å². The SMILES string of the molecule is Cc1cccc([N+](=O)[O-])c1C(=O)NC1CC(O)C1(C)C. The molecule has 0 bridgehead atoms. The summed E-state index contributed by atoms with van der Waals surface area (Å²) in [5.41, 5.74) is 0.0527. The molecule has 1 aliphatic rings. The predicted molar refractivity (Wildman–Crippen MR) is 73.5 cm³/mol. The van der Waals surface area contributed by atoms with Crippen molar-refractivity contribution >= 4 is 11.6 Å². The van der Waals surface area contributed by atoms with Crippen molar-refractivity contribution in [3.8, 4) is 0 Å². The number of nitro groups is 1. The molecule has 0 spiro atoms. The molecule has 2 atom stereocenters. The first-order valence-corrected chi connectivity index (χ1v) is 6.48. The highest BCUT2D eigenvalue weighted by molar-refractivity contribution is 5.99. The number of hydrogen-bond donors (Lipinski definition) is 2. The molecule has 1 aliphatic carbocycles. The van der Waals surface area contributed by atoms with Gasteiger partial charge in [-0.3, -0.25) is 14.9 Å². The van der Waals surface area contributed by atoms with Crippen LogP contribution in [0.4, 0.5) is 5.69 Å². The summed E-state index contributed by atoms with van der Waals surface area (Å²) in [4.78, 5) is 22.8. The van der Waals surface area contributed by atoms with Gasteiger partial charge in [0.1, 0.15) is 5.56 Å². The standard InChI is InChI=1S/C14H18N2O4/c1-8-5-4-6-9(16(19)20)12(8)13(18)15-10-7-11(17)14(10,2)3/h4-6,10-11,17H,7H2,1-3H3,(H,15,18). The number of aliphatic hydroxyl groups excluding tert-OH is 1. The van der Waals surface area contributed by atoms with Gasteiger partial charge in [-0.1, -0.05) is 26.0 Å². The van der Waals surface area contributed by atoms with E-state index in [1.54, 1.807) is 19.1 Å². The molecular formula is C14H18N2O4. The third kappa shape index (κ3) is 2.27. The van der Waals surface area contributed by atoms with Gasteiger partial charge < -0.3 is 10.4 Å². The van der Waals surface area contributed by atoms with Crippen molar-refractivity contribution in [2.75, 3.05) is 0 Å². The third-order valence-corrected chi connectivity index (χ3v) is 4.20. The van der Waals surface area contributed by atoms with Crippen molar-refractivity contribution in [3.05, 3.63) is 39.4 Å². The van der Waals surface area contributed by atoms with Crippen molar-refractivity contribution in [2.45, 2.75) is 39.3 Å². The molecule has 1 fully saturated rings. The normalized spacial score (nSPS) is 23.8. The number of amides is 1. The van der Waals surface area contributed by atoms with E-state index in [1.165, 1.54) is 6.07 Å². The van der Waals surface area contributed by atoms with E-state index in [0.717, 1.165) is 0 Å². The summed E-state index contributed by atoms with van der Waals surface area (Å²) in [5.74, 6) is -0.459. The lowest BCUT2D eigenvalue weighted by atomic mass is 9.64. The number of carbonyl (C=O) groups excluding carboxylic acids is 1. The monoisotopic (exact) mass is 278 g/mol. The zero-order chi connectivity index (χ0) is 15.1. The van der Waals surface area contributed by atoms with Crippen LogP contribution >= 0.6 is 0 Å². The topological polar surface area (TPSA) is 92.5 Å². The molecular weight excluding hydrogens is 260 g/mol. The number of aryl methyl sites for hydroxylation is 1. The first-order valence-electron chi connectivity index (χ1n) is 6.48. The number of nitrogens with one attached hydrogen (secondary N) is 1. The Morgan fingerprint density at radius 1 is 1.50 bits per heavy atom. The highest BCUT2D eigenvalue weighted by atomic mass is 16.6. The Balaban J connectivity index is 2.25. The molecule has 2 rings (SSSR count). The minimum atomic E-state index is -0.553. The van der Waals surface area contributed by atoms with Gasteiger partial charge in [0, 0.05) is 17.5 Å². The van der Waals surface area contributed by atoms with E-state index in [2.05, 4.69) is 5.32 Å². The first-order chi connectivity index (χ1) is 9.25. The number of nitro benzene ring substituents is 1. The average Bonchev–Trinajstić information content (AvgIpc) is 2.37. The van der Waals surface area contributed by atoms with Gasteiger partial charge in [0.15, 0.2) is 0 Å². The molecule has 1 amide bonds. The minimum Gasteiger partial charge on any atom is -0.392 e. The van der Waals surface area contributed by atoms with Crippen LogP contribution in [0.5, 0.6) is 0 Å². The highest BCUT2D eigenvalue weighted by Crippen LogP contribution is 2.40. The molecule has 0 aromatic heterocycles. The maximum Gasteiger partial charge on any atom is 0.282 e. The quantitative estimate of drug-likeness (QED) is 0.651. The molecule has 0 heterocycles. The number of rotatable bonds is 3.